The van der Waals surface area contributed by atoms with Crippen LogP contribution in [0.4, 0.5) is 5.69 Å². The van der Waals surface area contributed by atoms with Gasteiger partial charge in [0.1, 0.15) is 0 Å². The minimum absolute atomic E-state index is 0.00836. The van der Waals surface area contributed by atoms with Gasteiger partial charge in [0.15, 0.2) is 0 Å². The van der Waals surface area contributed by atoms with Gasteiger partial charge in [0.05, 0.1) is 30.3 Å². The van der Waals surface area contributed by atoms with Crippen molar-refractivity contribution in [2.45, 2.75) is 49.9 Å². The first-order valence-electron chi connectivity index (χ1n) is 9.73. The van der Waals surface area contributed by atoms with Gasteiger partial charge >= 0.3 is 5.97 Å². The highest BCUT2D eigenvalue weighted by Crippen LogP contribution is 2.68. The first-order chi connectivity index (χ1) is 12.7. The lowest BCUT2D eigenvalue weighted by Crippen LogP contribution is -2.63. The maximum absolute atomic E-state index is 12.8. The summed E-state index contributed by atoms with van der Waals surface area (Å²) >= 11 is 0. The van der Waals surface area contributed by atoms with Crippen LogP contribution in [0.1, 0.15) is 31.7 Å². The number of carbonyl (C=O) groups excluding carboxylic acids is 1. The molecular weight excluding hydrogens is 328 g/mol. The molecule has 0 amide bonds. The average molecular weight is 352 g/mol. The standard InChI is InChI=1S/C21H24N2O3/c1-3-20-10-12(18(24)25-2)16-21(13-6-4-5-7-14(13)22-16)8-9-23(19(20)21)11-15-17(20)26-15/h4-7,15,17,19,22H,3,8-11H2,1-2H3/t15-,17-,19+,20+,21+/m1/s1. The maximum atomic E-state index is 12.8. The zero-order valence-electron chi connectivity index (χ0n) is 15.2. The number of epoxide rings is 1. The van der Waals surface area contributed by atoms with E-state index in [0.29, 0.717) is 12.1 Å². The predicted molar refractivity (Wildman–Crippen MR) is 96.8 cm³/mol. The lowest BCUT2D eigenvalue weighted by Gasteiger charge is -2.54. The summed E-state index contributed by atoms with van der Waals surface area (Å²) in [7, 11) is 1.49. The van der Waals surface area contributed by atoms with Gasteiger partial charge in [0.2, 0.25) is 0 Å². The van der Waals surface area contributed by atoms with Crippen LogP contribution in [0.2, 0.25) is 0 Å². The van der Waals surface area contributed by atoms with E-state index in [2.05, 4.69) is 41.4 Å². The van der Waals surface area contributed by atoms with E-state index in [1.165, 1.54) is 12.7 Å². The van der Waals surface area contributed by atoms with Crippen LogP contribution in [0.15, 0.2) is 35.5 Å². The Hall–Kier alpha value is -1.85. The van der Waals surface area contributed by atoms with Crippen molar-refractivity contribution in [2.24, 2.45) is 5.41 Å². The normalized spacial score (nSPS) is 41.7. The Kier molecular flexibility index (Phi) is 2.75. The van der Waals surface area contributed by atoms with E-state index in [0.717, 1.165) is 49.3 Å². The molecule has 136 valence electrons. The second kappa shape index (κ2) is 4.70. The molecule has 0 aromatic heterocycles. The average Bonchev–Trinajstić information content (AvgIpc) is 3.25. The molecule has 5 nitrogen and oxygen atoms in total. The predicted octanol–water partition coefficient (Wildman–Crippen LogP) is 2.43. The van der Waals surface area contributed by atoms with Gasteiger partial charge in [-0.15, -0.1) is 0 Å². The molecule has 5 heteroatoms. The third-order valence-electron chi connectivity index (χ3n) is 7.74. The van der Waals surface area contributed by atoms with E-state index >= 15 is 0 Å². The fourth-order valence-electron chi connectivity index (χ4n) is 6.80. The number of hydrogen-bond donors (Lipinski definition) is 1. The Bertz CT molecular complexity index is 865. The molecule has 3 saturated heterocycles. The lowest BCUT2D eigenvalue weighted by atomic mass is 9.53. The largest absolute Gasteiger partial charge is 0.466 e. The number of anilines is 1. The molecule has 0 radical (unpaired) electrons. The van der Waals surface area contributed by atoms with Crippen LogP contribution < -0.4 is 5.32 Å². The van der Waals surface area contributed by atoms with Crippen molar-refractivity contribution in [3.05, 3.63) is 41.1 Å². The Morgan fingerprint density at radius 1 is 1.42 bits per heavy atom. The molecule has 5 atom stereocenters. The Labute approximate surface area is 153 Å². The van der Waals surface area contributed by atoms with Crippen molar-refractivity contribution < 1.29 is 14.3 Å². The number of methoxy groups -OCH3 is 1. The van der Waals surface area contributed by atoms with Gasteiger partial charge in [-0.1, -0.05) is 25.1 Å². The molecule has 4 heterocycles. The first kappa shape index (κ1) is 15.2. The maximum Gasteiger partial charge on any atom is 0.335 e. The number of nitrogens with one attached hydrogen (secondary N) is 1. The molecule has 1 aromatic carbocycles. The van der Waals surface area contributed by atoms with Gasteiger partial charge < -0.3 is 14.8 Å². The molecule has 26 heavy (non-hydrogen) atoms. The van der Waals surface area contributed by atoms with Gasteiger partial charge in [0.25, 0.3) is 0 Å². The van der Waals surface area contributed by atoms with Crippen molar-refractivity contribution in [2.75, 3.05) is 25.5 Å². The van der Waals surface area contributed by atoms with Crippen molar-refractivity contribution in [3.8, 4) is 0 Å². The molecule has 1 N–H and O–H groups in total. The number of nitrogens with zero attached hydrogens (tertiary/aromatic N) is 1. The van der Waals surface area contributed by atoms with Crippen LogP contribution in [0.3, 0.4) is 0 Å². The summed E-state index contributed by atoms with van der Waals surface area (Å²) in [5, 5.41) is 3.63. The number of hydrogen-bond acceptors (Lipinski definition) is 5. The smallest absolute Gasteiger partial charge is 0.335 e. The molecule has 0 bridgehead atoms. The van der Waals surface area contributed by atoms with Gasteiger partial charge in [-0.3, -0.25) is 4.90 Å². The number of para-hydroxylation sites is 1. The van der Waals surface area contributed by atoms with Crippen LogP contribution >= 0.6 is 0 Å². The third-order valence-corrected chi connectivity index (χ3v) is 7.74. The summed E-state index contributed by atoms with van der Waals surface area (Å²) in [6.45, 7) is 4.36. The highest BCUT2D eigenvalue weighted by molar-refractivity contribution is 5.93. The summed E-state index contributed by atoms with van der Waals surface area (Å²) < 4.78 is 11.4. The molecule has 5 aliphatic rings. The number of esters is 1. The quantitative estimate of drug-likeness (QED) is 0.654. The van der Waals surface area contributed by atoms with Crippen molar-refractivity contribution in [1.82, 2.24) is 4.90 Å². The van der Waals surface area contributed by atoms with Crippen LogP contribution in [0, 0.1) is 5.41 Å². The number of ether oxygens (including phenoxy) is 2. The lowest BCUT2D eigenvalue weighted by molar-refractivity contribution is -0.137. The number of piperidine rings is 1. The molecule has 3 fully saturated rings. The van der Waals surface area contributed by atoms with E-state index in [4.69, 9.17) is 9.47 Å². The number of carbonyl (C=O) groups is 1. The topological polar surface area (TPSA) is 54.1 Å². The second-order valence-electron chi connectivity index (χ2n) is 8.49. The molecule has 6 rings (SSSR count). The number of benzene rings is 1. The summed E-state index contributed by atoms with van der Waals surface area (Å²) in [6.07, 6.45) is 3.44. The van der Waals surface area contributed by atoms with Gasteiger partial charge in [-0.2, -0.15) is 0 Å². The van der Waals surface area contributed by atoms with Crippen LogP contribution in [0.25, 0.3) is 0 Å². The second-order valence-corrected chi connectivity index (χ2v) is 8.49. The molecule has 0 saturated carbocycles. The van der Waals surface area contributed by atoms with Crippen molar-refractivity contribution in [1.29, 1.82) is 0 Å². The van der Waals surface area contributed by atoms with E-state index in [1.54, 1.807) is 0 Å². The summed E-state index contributed by atoms with van der Waals surface area (Å²) in [4.78, 5) is 15.5. The van der Waals surface area contributed by atoms with Crippen LogP contribution in [-0.4, -0.2) is 49.3 Å². The molecule has 1 spiro atoms. The van der Waals surface area contributed by atoms with Crippen LogP contribution in [-0.2, 0) is 19.7 Å². The molecule has 1 aromatic rings. The zero-order valence-corrected chi connectivity index (χ0v) is 15.2. The molecular formula is C21H24N2O3. The molecule has 1 aliphatic carbocycles. The minimum atomic E-state index is -0.188. The monoisotopic (exact) mass is 352 g/mol. The van der Waals surface area contributed by atoms with Crippen molar-refractivity contribution >= 4 is 11.7 Å². The minimum Gasteiger partial charge on any atom is -0.466 e. The zero-order chi connectivity index (χ0) is 17.7. The number of fused-ring (bicyclic) bond motifs is 3. The van der Waals surface area contributed by atoms with Gasteiger partial charge in [-0.25, -0.2) is 4.79 Å². The Balaban J connectivity index is 1.66. The first-order valence-corrected chi connectivity index (χ1v) is 9.73. The third kappa shape index (κ3) is 1.50. The van der Waals surface area contributed by atoms with E-state index in [9.17, 15) is 4.79 Å². The van der Waals surface area contributed by atoms with Gasteiger partial charge in [0, 0.05) is 29.4 Å². The fourth-order valence-corrected chi connectivity index (χ4v) is 6.80. The fraction of sp³-hybridized carbons (Fsp3) is 0.571. The number of rotatable bonds is 2. The molecule has 0 unspecified atom stereocenters. The molecule has 4 aliphatic heterocycles. The SMILES string of the molecule is CC[C@]12CC(C(=O)OC)=C3Nc4ccccc4[C@@]34CCN(C[C@H]3O[C@H]31)[C@@H]24. The summed E-state index contributed by atoms with van der Waals surface area (Å²) in [5.74, 6) is -0.188. The Morgan fingerprint density at radius 3 is 3.08 bits per heavy atom. The van der Waals surface area contributed by atoms with Crippen LogP contribution in [0.5, 0.6) is 0 Å². The summed E-state index contributed by atoms with van der Waals surface area (Å²) in [5.41, 5.74) is 4.29. The van der Waals surface area contributed by atoms with E-state index in [1.807, 2.05) is 0 Å². The van der Waals surface area contributed by atoms with Crippen molar-refractivity contribution in [3.63, 3.8) is 0 Å². The highest BCUT2D eigenvalue weighted by atomic mass is 16.6. The Morgan fingerprint density at radius 2 is 2.27 bits per heavy atom. The highest BCUT2D eigenvalue weighted by Gasteiger charge is 2.73. The van der Waals surface area contributed by atoms with E-state index < -0.39 is 0 Å². The van der Waals surface area contributed by atoms with E-state index in [-0.39, 0.29) is 22.9 Å². The summed E-state index contributed by atoms with van der Waals surface area (Å²) in [6, 6.07) is 8.97. The van der Waals surface area contributed by atoms with Gasteiger partial charge in [-0.05, 0) is 37.4 Å².